The Hall–Kier alpha value is -2.20. The van der Waals surface area contributed by atoms with Crippen LogP contribution in [0.15, 0.2) is 28.3 Å². The van der Waals surface area contributed by atoms with Gasteiger partial charge in [-0.15, -0.1) is 4.40 Å². The molecular weight excluding hydrogens is 314 g/mol. The van der Waals surface area contributed by atoms with Crippen molar-refractivity contribution in [2.45, 2.75) is 12.5 Å². The third kappa shape index (κ3) is 3.34. The molecule has 2 aliphatic rings. The van der Waals surface area contributed by atoms with E-state index in [4.69, 9.17) is 5.11 Å². The molecule has 0 aliphatic carbocycles. The Kier molecular flexibility index (Phi) is 4.07. The minimum Gasteiger partial charge on any atom is -0.479 e. The third-order valence-electron chi connectivity index (χ3n) is 3.16. The summed E-state index contributed by atoms with van der Waals surface area (Å²) >= 11 is 0. The Morgan fingerprint density at radius 3 is 2.82 bits per heavy atom. The molecule has 2 heterocycles. The van der Waals surface area contributed by atoms with Gasteiger partial charge in [0.25, 0.3) is 15.9 Å². The van der Waals surface area contributed by atoms with Gasteiger partial charge in [0, 0.05) is 12.7 Å². The van der Waals surface area contributed by atoms with Crippen molar-refractivity contribution in [2.75, 3.05) is 18.8 Å². The van der Waals surface area contributed by atoms with Gasteiger partial charge >= 0.3 is 5.97 Å². The van der Waals surface area contributed by atoms with Crippen molar-refractivity contribution in [1.29, 1.82) is 0 Å². The summed E-state index contributed by atoms with van der Waals surface area (Å²) in [5, 5.41) is 20.6. The lowest BCUT2D eigenvalue weighted by Crippen LogP contribution is -2.48. The van der Waals surface area contributed by atoms with Gasteiger partial charge in [0.2, 0.25) is 0 Å². The second-order valence-electron chi connectivity index (χ2n) is 5.08. The van der Waals surface area contributed by atoms with Crippen LogP contribution < -0.4 is 5.32 Å². The highest BCUT2D eigenvalue weighted by Crippen LogP contribution is 2.17. The van der Waals surface area contributed by atoms with Gasteiger partial charge < -0.3 is 20.4 Å². The first-order valence-corrected chi connectivity index (χ1v) is 7.95. The Balaban J connectivity index is 2.19. The number of rotatable bonds is 4. The number of sulfonamides is 1. The molecule has 2 rings (SSSR count). The largest absolute Gasteiger partial charge is 0.479 e. The molecule has 0 radical (unpaired) electrons. The lowest BCUT2D eigenvalue weighted by Gasteiger charge is -2.29. The molecule has 120 valence electrons. The molecule has 1 amide bonds. The number of nitrogens with one attached hydrogen (secondary N) is 1. The predicted molar refractivity (Wildman–Crippen MR) is 76.4 cm³/mol. The maximum Gasteiger partial charge on any atom is 0.337 e. The summed E-state index contributed by atoms with van der Waals surface area (Å²) in [6.45, 7) is 0.692. The van der Waals surface area contributed by atoms with E-state index >= 15 is 0 Å². The number of carboxylic acid groups (broad SMARTS) is 1. The molecule has 3 N–H and O–H groups in total. The summed E-state index contributed by atoms with van der Waals surface area (Å²) in [6.07, 6.45) is 4.53. The van der Waals surface area contributed by atoms with E-state index in [1.54, 1.807) is 12.3 Å². The van der Waals surface area contributed by atoms with Crippen LogP contribution in [0.4, 0.5) is 0 Å². The Labute approximate surface area is 126 Å². The highest BCUT2D eigenvalue weighted by atomic mass is 32.2. The molecule has 2 aliphatic heterocycles. The van der Waals surface area contributed by atoms with Gasteiger partial charge in [0.1, 0.15) is 0 Å². The zero-order valence-corrected chi connectivity index (χ0v) is 12.5. The molecule has 1 unspecified atom stereocenters. The Morgan fingerprint density at radius 2 is 2.18 bits per heavy atom. The van der Waals surface area contributed by atoms with Crippen molar-refractivity contribution < 1.29 is 28.2 Å². The fraction of sp³-hybridized carbons (Fsp3) is 0.417. The van der Waals surface area contributed by atoms with Gasteiger partial charge in [-0.1, -0.05) is 0 Å². The molecule has 0 saturated heterocycles. The molecule has 0 aromatic carbocycles. The molecule has 0 spiro atoms. The number of hydrogen-bond acceptors (Lipinski definition) is 6. The first kappa shape index (κ1) is 16.2. The van der Waals surface area contributed by atoms with Crippen molar-refractivity contribution >= 4 is 27.7 Å². The third-order valence-corrected chi connectivity index (χ3v) is 4.31. The smallest absolute Gasteiger partial charge is 0.337 e. The first-order valence-electron chi connectivity index (χ1n) is 6.34. The zero-order valence-electron chi connectivity index (χ0n) is 11.7. The van der Waals surface area contributed by atoms with Crippen LogP contribution in [0.25, 0.3) is 0 Å². The summed E-state index contributed by atoms with van der Waals surface area (Å²) in [6, 6.07) is 0. The monoisotopic (exact) mass is 329 g/mol. The number of carbonyl (C=O) groups excluding carboxylic acids is 1. The predicted octanol–water partition coefficient (Wildman–Crippen LogP) is -1.56. The Morgan fingerprint density at radius 1 is 1.50 bits per heavy atom. The van der Waals surface area contributed by atoms with E-state index in [1.165, 1.54) is 11.0 Å². The Bertz CT molecular complexity index is 704. The van der Waals surface area contributed by atoms with Gasteiger partial charge in [-0.05, 0) is 19.1 Å². The van der Waals surface area contributed by atoms with Crippen LogP contribution in [0.1, 0.15) is 6.92 Å². The van der Waals surface area contributed by atoms with E-state index < -0.39 is 34.0 Å². The number of carbonyl (C=O) groups is 2. The van der Waals surface area contributed by atoms with Crippen LogP contribution in [-0.4, -0.2) is 65.7 Å². The van der Waals surface area contributed by atoms with Gasteiger partial charge in [-0.2, -0.15) is 0 Å². The normalized spacial score (nSPS) is 22.0. The van der Waals surface area contributed by atoms with Crippen molar-refractivity contribution in [3.05, 3.63) is 23.9 Å². The summed E-state index contributed by atoms with van der Waals surface area (Å²) in [7, 11) is -3.63. The quantitative estimate of drug-likeness (QED) is 0.567. The molecule has 9 nitrogen and oxygen atoms in total. The molecular formula is C12H15N3O6S. The maximum absolute atomic E-state index is 12.1. The number of fused-ring (bicyclic) bond motifs is 1. The number of allylic oxidation sites excluding steroid dienone is 2. The number of aliphatic carboxylic acids is 1. The van der Waals surface area contributed by atoms with E-state index in [2.05, 4.69) is 9.71 Å². The lowest BCUT2D eigenvalue weighted by molar-refractivity contribution is -0.156. The SMILES string of the molecule is CC(O)(CNC(=O)C1=CC=CN2CCS(=O)(=O)N=C12)C(=O)O. The molecule has 0 saturated carbocycles. The highest BCUT2D eigenvalue weighted by Gasteiger charge is 2.33. The topological polar surface area (TPSA) is 136 Å². The van der Waals surface area contributed by atoms with Crippen LogP contribution in [-0.2, 0) is 19.6 Å². The summed E-state index contributed by atoms with van der Waals surface area (Å²) in [4.78, 5) is 24.4. The first-order chi connectivity index (χ1) is 10.1. The van der Waals surface area contributed by atoms with Crippen molar-refractivity contribution in [3.63, 3.8) is 0 Å². The van der Waals surface area contributed by atoms with Crippen LogP contribution >= 0.6 is 0 Å². The van der Waals surface area contributed by atoms with Crippen LogP contribution in [0.2, 0.25) is 0 Å². The summed E-state index contributed by atoms with van der Waals surface area (Å²) in [5.74, 6) is -2.36. The molecule has 0 aromatic rings. The average Bonchev–Trinajstić information content (AvgIpc) is 2.43. The molecule has 0 fully saturated rings. The minimum atomic E-state index is -3.63. The van der Waals surface area contributed by atoms with E-state index in [1.807, 2.05) is 0 Å². The zero-order chi connectivity index (χ0) is 16.5. The van der Waals surface area contributed by atoms with E-state index in [9.17, 15) is 23.1 Å². The van der Waals surface area contributed by atoms with Gasteiger partial charge in [-0.3, -0.25) is 4.79 Å². The van der Waals surface area contributed by atoms with Gasteiger partial charge in [-0.25, -0.2) is 13.2 Å². The van der Waals surface area contributed by atoms with Crippen molar-refractivity contribution in [1.82, 2.24) is 10.2 Å². The summed E-state index contributed by atoms with van der Waals surface area (Å²) in [5.41, 5.74) is -2.13. The lowest BCUT2D eigenvalue weighted by atomic mass is 10.1. The molecule has 10 heteroatoms. The summed E-state index contributed by atoms with van der Waals surface area (Å²) < 4.78 is 26.7. The molecule has 0 aromatic heterocycles. The van der Waals surface area contributed by atoms with Gasteiger partial charge in [0.05, 0.1) is 17.9 Å². The molecule has 0 bridgehead atoms. The van der Waals surface area contributed by atoms with Crippen LogP contribution in [0.3, 0.4) is 0 Å². The van der Waals surface area contributed by atoms with Crippen molar-refractivity contribution in [3.8, 4) is 0 Å². The van der Waals surface area contributed by atoms with Crippen LogP contribution in [0, 0.1) is 0 Å². The number of amidine groups is 1. The standard InChI is InChI=1S/C12H15N3O6S/c1-12(19,11(17)18)7-13-10(16)8-3-2-4-15-5-6-22(20,21)14-9(8)15/h2-4,19H,5-7H2,1H3,(H,13,16)(H,17,18). The molecule has 22 heavy (non-hydrogen) atoms. The fourth-order valence-corrected chi connectivity index (χ4v) is 2.80. The molecule has 1 atom stereocenters. The average molecular weight is 329 g/mol. The fourth-order valence-electron chi connectivity index (χ4n) is 1.82. The number of hydrogen-bond donors (Lipinski definition) is 3. The van der Waals surface area contributed by atoms with E-state index in [-0.39, 0.29) is 23.7 Å². The van der Waals surface area contributed by atoms with Crippen molar-refractivity contribution in [2.24, 2.45) is 4.40 Å². The van der Waals surface area contributed by atoms with Gasteiger partial charge in [0.15, 0.2) is 11.4 Å². The maximum atomic E-state index is 12.1. The number of amides is 1. The van der Waals surface area contributed by atoms with E-state index in [0.29, 0.717) is 0 Å². The highest BCUT2D eigenvalue weighted by molar-refractivity contribution is 7.90. The number of carboxylic acids is 1. The second kappa shape index (κ2) is 5.54. The number of aliphatic hydroxyl groups is 1. The van der Waals surface area contributed by atoms with Crippen LogP contribution in [0.5, 0.6) is 0 Å². The van der Waals surface area contributed by atoms with E-state index in [0.717, 1.165) is 6.92 Å². The second-order valence-corrected chi connectivity index (χ2v) is 6.83. The number of nitrogens with zero attached hydrogens (tertiary/aromatic N) is 2. The minimum absolute atomic E-state index is 0.00744.